The number of rotatable bonds is 1. The van der Waals surface area contributed by atoms with Crippen molar-refractivity contribution >= 4 is 15.9 Å². The average molecular weight is 296 g/mol. The Hall–Kier alpha value is -1.44. The van der Waals surface area contributed by atoms with Crippen LogP contribution in [0.1, 0.15) is 12.5 Å². The maximum absolute atomic E-state index is 12.1. The van der Waals surface area contributed by atoms with E-state index >= 15 is 0 Å². The third-order valence-corrected chi connectivity index (χ3v) is 4.92. The summed E-state index contributed by atoms with van der Waals surface area (Å²) < 4.78 is 33.5. The lowest BCUT2D eigenvalue weighted by Crippen LogP contribution is -2.52. The van der Waals surface area contributed by atoms with Crippen LogP contribution in [0, 0.1) is 0 Å². The van der Waals surface area contributed by atoms with Gasteiger partial charge in [-0.1, -0.05) is 12.1 Å². The second-order valence-electron chi connectivity index (χ2n) is 5.03. The first-order valence-electron chi connectivity index (χ1n) is 6.46. The standard InChI is InChI=1S/C13H16N2O4S/c1-9-8-19-10(7-16)6-15(9)13-11-4-2-3-5-12(11)20(17,18)14-13/h2-5,9-10,16H,6-8H2,1H3. The van der Waals surface area contributed by atoms with Gasteiger partial charge in [-0.25, -0.2) is 0 Å². The molecule has 6 nitrogen and oxygen atoms in total. The Balaban J connectivity index is 2.02. The third kappa shape index (κ3) is 2.11. The zero-order valence-electron chi connectivity index (χ0n) is 11.1. The molecule has 0 amide bonds. The van der Waals surface area contributed by atoms with Gasteiger partial charge in [0.05, 0.1) is 25.4 Å². The first-order chi connectivity index (χ1) is 9.53. The van der Waals surface area contributed by atoms with E-state index in [0.29, 0.717) is 24.6 Å². The van der Waals surface area contributed by atoms with Gasteiger partial charge in [-0.05, 0) is 19.1 Å². The predicted molar refractivity (Wildman–Crippen MR) is 73.2 cm³/mol. The van der Waals surface area contributed by atoms with Crippen molar-refractivity contribution in [2.24, 2.45) is 4.40 Å². The molecule has 0 spiro atoms. The van der Waals surface area contributed by atoms with E-state index in [1.165, 1.54) is 0 Å². The molecule has 1 fully saturated rings. The zero-order valence-corrected chi connectivity index (χ0v) is 11.9. The average Bonchev–Trinajstić information content (AvgIpc) is 2.72. The molecule has 2 heterocycles. The third-order valence-electron chi connectivity index (χ3n) is 3.59. The molecule has 2 aliphatic heterocycles. The first kappa shape index (κ1) is 13.5. The topological polar surface area (TPSA) is 79.2 Å². The molecule has 2 aliphatic rings. The summed E-state index contributed by atoms with van der Waals surface area (Å²) in [5.74, 6) is 0.454. The highest BCUT2D eigenvalue weighted by Gasteiger charge is 2.36. The summed E-state index contributed by atoms with van der Waals surface area (Å²) in [5, 5.41) is 9.23. The Labute approximate surface area is 117 Å². The molecule has 1 aromatic rings. The van der Waals surface area contributed by atoms with Crippen molar-refractivity contribution in [1.29, 1.82) is 0 Å². The van der Waals surface area contributed by atoms with Gasteiger partial charge in [0.15, 0.2) is 5.84 Å². The Kier molecular flexibility index (Phi) is 3.27. The van der Waals surface area contributed by atoms with Crippen molar-refractivity contribution in [3.8, 4) is 0 Å². The Bertz CT molecular complexity index is 656. The molecule has 0 aromatic heterocycles. The summed E-state index contributed by atoms with van der Waals surface area (Å²) in [5.41, 5.74) is 0.623. The van der Waals surface area contributed by atoms with Crippen LogP contribution in [0.2, 0.25) is 0 Å². The molecule has 3 rings (SSSR count). The number of aliphatic hydroxyl groups excluding tert-OH is 1. The molecule has 0 radical (unpaired) electrons. The molecular weight excluding hydrogens is 280 g/mol. The quantitative estimate of drug-likeness (QED) is 0.802. The lowest BCUT2D eigenvalue weighted by atomic mass is 10.1. The van der Waals surface area contributed by atoms with Gasteiger partial charge in [0, 0.05) is 12.1 Å². The molecule has 0 aliphatic carbocycles. The highest BCUT2D eigenvalue weighted by Crippen LogP contribution is 2.29. The number of ether oxygens (including phenoxy) is 1. The van der Waals surface area contributed by atoms with E-state index < -0.39 is 10.0 Å². The molecule has 1 saturated heterocycles. The van der Waals surface area contributed by atoms with Crippen molar-refractivity contribution in [2.75, 3.05) is 19.8 Å². The molecule has 2 atom stereocenters. The summed E-state index contributed by atoms with van der Waals surface area (Å²) in [6, 6.07) is 6.82. The maximum Gasteiger partial charge on any atom is 0.285 e. The van der Waals surface area contributed by atoms with Crippen molar-refractivity contribution < 1.29 is 18.3 Å². The van der Waals surface area contributed by atoms with E-state index in [2.05, 4.69) is 4.40 Å². The van der Waals surface area contributed by atoms with Crippen molar-refractivity contribution in [1.82, 2.24) is 4.90 Å². The van der Waals surface area contributed by atoms with Gasteiger partial charge in [0.25, 0.3) is 10.0 Å². The number of benzene rings is 1. The minimum absolute atomic E-state index is 0.0120. The number of morpholine rings is 1. The molecule has 108 valence electrons. The summed E-state index contributed by atoms with van der Waals surface area (Å²) in [6.45, 7) is 2.72. The maximum atomic E-state index is 12.1. The van der Waals surface area contributed by atoms with Gasteiger partial charge in [-0.3, -0.25) is 0 Å². The molecule has 1 N–H and O–H groups in total. The molecular formula is C13H16N2O4S. The SMILES string of the molecule is CC1COC(CO)CN1C1=NS(=O)(=O)c2ccccc21. The summed E-state index contributed by atoms with van der Waals surface area (Å²) in [4.78, 5) is 2.14. The highest BCUT2D eigenvalue weighted by molar-refractivity contribution is 7.90. The van der Waals surface area contributed by atoms with Gasteiger partial charge < -0.3 is 14.7 Å². The van der Waals surface area contributed by atoms with Crippen LogP contribution >= 0.6 is 0 Å². The summed E-state index contributed by atoms with van der Waals surface area (Å²) in [6.07, 6.45) is -0.315. The van der Waals surface area contributed by atoms with E-state index in [0.717, 1.165) is 0 Å². The highest BCUT2D eigenvalue weighted by atomic mass is 32.2. The van der Waals surface area contributed by atoms with Crippen LogP contribution in [0.15, 0.2) is 33.6 Å². The van der Waals surface area contributed by atoms with E-state index in [-0.39, 0.29) is 23.6 Å². The fourth-order valence-electron chi connectivity index (χ4n) is 2.52. The van der Waals surface area contributed by atoms with E-state index in [9.17, 15) is 13.5 Å². The number of amidine groups is 1. The molecule has 7 heteroatoms. The number of fused-ring (bicyclic) bond motifs is 1. The number of aliphatic hydroxyl groups is 1. The zero-order chi connectivity index (χ0) is 14.3. The van der Waals surface area contributed by atoms with Crippen LogP contribution < -0.4 is 0 Å². The monoisotopic (exact) mass is 296 g/mol. The van der Waals surface area contributed by atoms with Crippen LogP contribution in [0.25, 0.3) is 0 Å². The van der Waals surface area contributed by atoms with Crippen LogP contribution in [0.4, 0.5) is 0 Å². The van der Waals surface area contributed by atoms with Gasteiger partial charge in [-0.15, -0.1) is 4.40 Å². The van der Waals surface area contributed by atoms with E-state index in [1.54, 1.807) is 24.3 Å². The molecule has 0 bridgehead atoms. The minimum Gasteiger partial charge on any atom is -0.394 e. The Morgan fingerprint density at radius 2 is 2.20 bits per heavy atom. The second kappa shape index (κ2) is 4.83. The van der Waals surface area contributed by atoms with Crippen molar-refractivity contribution in [3.05, 3.63) is 29.8 Å². The molecule has 2 unspecified atom stereocenters. The molecule has 20 heavy (non-hydrogen) atoms. The van der Waals surface area contributed by atoms with E-state index in [1.807, 2.05) is 11.8 Å². The summed E-state index contributed by atoms with van der Waals surface area (Å²) >= 11 is 0. The fraction of sp³-hybridized carbons (Fsp3) is 0.462. The molecule has 1 aromatic carbocycles. The minimum atomic E-state index is -3.61. The summed E-state index contributed by atoms with van der Waals surface area (Å²) in [7, 11) is -3.61. The van der Waals surface area contributed by atoms with Crippen molar-refractivity contribution in [3.63, 3.8) is 0 Å². The lowest BCUT2D eigenvalue weighted by molar-refractivity contribution is -0.0557. The Morgan fingerprint density at radius 3 is 2.95 bits per heavy atom. The number of nitrogens with zero attached hydrogens (tertiary/aromatic N) is 2. The largest absolute Gasteiger partial charge is 0.394 e. The number of hydrogen-bond acceptors (Lipinski definition) is 5. The fourth-order valence-corrected chi connectivity index (χ4v) is 3.74. The smallest absolute Gasteiger partial charge is 0.285 e. The second-order valence-corrected chi connectivity index (χ2v) is 6.60. The van der Waals surface area contributed by atoms with Crippen molar-refractivity contribution in [2.45, 2.75) is 24.0 Å². The van der Waals surface area contributed by atoms with Gasteiger partial charge in [0.1, 0.15) is 4.90 Å². The Morgan fingerprint density at radius 1 is 1.45 bits per heavy atom. The normalized spacial score (nSPS) is 28.1. The lowest BCUT2D eigenvalue weighted by Gasteiger charge is -2.38. The van der Waals surface area contributed by atoms with Gasteiger partial charge in [-0.2, -0.15) is 8.42 Å². The van der Waals surface area contributed by atoms with E-state index in [4.69, 9.17) is 4.74 Å². The predicted octanol–water partition coefficient (Wildman–Crippen LogP) is 0.217. The molecule has 0 saturated carbocycles. The van der Waals surface area contributed by atoms with Crippen LogP contribution in [-0.2, 0) is 14.8 Å². The van der Waals surface area contributed by atoms with Crippen LogP contribution in [0.3, 0.4) is 0 Å². The first-order valence-corrected chi connectivity index (χ1v) is 7.90. The van der Waals surface area contributed by atoms with Crippen LogP contribution in [-0.4, -0.2) is 56.2 Å². The number of sulfonamides is 1. The van der Waals surface area contributed by atoms with Crippen LogP contribution in [0.5, 0.6) is 0 Å². The number of hydrogen-bond donors (Lipinski definition) is 1. The van der Waals surface area contributed by atoms with Gasteiger partial charge >= 0.3 is 0 Å². The van der Waals surface area contributed by atoms with Gasteiger partial charge in [0.2, 0.25) is 0 Å².